The smallest absolute Gasteiger partial charge is 0.0558 e. The Bertz CT molecular complexity index is 201. The molecule has 0 amide bonds. The first-order chi connectivity index (χ1) is 7.72. The molecule has 0 heterocycles. The zero-order valence-corrected chi connectivity index (χ0v) is 12.6. The molecule has 3 heteroatoms. The number of hydrogen-bond donors (Lipinski definition) is 2. The number of nitrogens with one attached hydrogen (secondary N) is 1. The Balaban J connectivity index is 4.34. The molecular weight excluding hydrogens is 212 g/mol. The summed E-state index contributed by atoms with van der Waals surface area (Å²) in [5.74, 6) is 0. The summed E-state index contributed by atoms with van der Waals surface area (Å²) in [6.07, 6.45) is 2.42. The minimum atomic E-state index is 0.171. The van der Waals surface area contributed by atoms with Crippen LogP contribution in [-0.2, 0) is 0 Å². The molecule has 104 valence electrons. The van der Waals surface area contributed by atoms with Gasteiger partial charge in [0.2, 0.25) is 0 Å². The molecule has 0 rings (SSSR count). The minimum absolute atomic E-state index is 0.171. The van der Waals surface area contributed by atoms with E-state index in [0.717, 1.165) is 19.6 Å². The third kappa shape index (κ3) is 8.58. The van der Waals surface area contributed by atoms with E-state index in [2.05, 4.69) is 51.9 Å². The maximum Gasteiger partial charge on any atom is 0.0558 e. The fourth-order valence-corrected chi connectivity index (χ4v) is 2.21. The Morgan fingerprint density at radius 1 is 1.18 bits per heavy atom. The summed E-state index contributed by atoms with van der Waals surface area (Å²) >= 11 is 0. The average Bonchev–Trinajstić information content (AvgIpc) is 2.14. The molecule has 0 fully saturated rings. The van der Waals surface area contributed by atoms with Gasteiger partial charge in [0, 0.05) is 25.2 Å². The highest BCUT2D eigenvalue weighted by molar-refractivity contribution is 4.83. The molecule has 1 atom stereocenters. The van der Waals surface area contributed by atoms with Gasteiger partial charge in [-0.2, -0.15) is 0 Å². The van der Waals surface area contributed by atoms with E-state index < -0.39 is 0 Å². The Kier molecular flexibility index (Phi) is 7.29. The van der Waals surface area contributed by atoms with E-state index in [9.17, 15) is 0 Å². The number of aliphatic hydroxyl groups excluding tert-OH is 1. The second-order valence-corrected chi connectivity index (χ2v) is 6.63. The van der Waals surface area contributed by atoms with Gasteiger partial charge >= 0.3 is 0 Å². The van der Waals surface area contributed by atoms with E-state index in [0.29, 0.717) is 0 Å². The lowest BCUT2D eigenvalue weighted by Crippen LogP contribution is -2.47. The molecule has 0 aromatic carbocycles. The fraction of sp³-hybridized carbons (Fsp3) is 1.00. The Morgan fingerprint density at radius 3 is 2.18 bits per heavy atom. The lowest BCUT2D eigenvalue weighted by atomic mass is 9.84. The standard InChI is InChI=1S/C14H32N2O/c1-7-8-14(5,11-15-13(2,3)4)12-16(6)9-10-17/h15,17H,7-12H2,1-6H3. The van der Waals surface area contributed by atoms with Crippen LogP contribution in [0.2, 0.25) is 0 Å². The normalized spacial score (nSPS) is 16.2. The van der Waals surface area contributed by atoms with Crippen molar-refractivity contribution in [1.82, 2.24) is 10.2 Å². The van der Waals surface area contributed by atoms with Crippen LogP contribution in [0.15, 0.2) is 0 Å². The van der Waals surface area contributed by atoms with Crippen LogP contribution in [0.25, 0.3) is 0 Å². The van der Waals surface area contributed by atoms with Gasteiger partial charge in [0.1, 0.15) is 0 Å². The zero-order valence-electron chi connectivity index (χ0n) is 12.6. The number of likely N-dealkylation sites (N-methyl/N-ethyl adjacent to an activating group) is 1. The van der Waals surface area contributed by atoms with Gasteiger partial charge in [0.05, 0.1) is 6.61 Å². The van der Waals surface area contributed by atoms with Crippen molar-refractivity contribution in [3.63, 3.8) is 0 Å². The van der Waals surface area contributed by atoms with Gasteiger partial charge in [-0.1, -0.05) is 20.3 Å². The van der Waals surface area contributed by atoms with Gasteiger partial charge in [0.25, 0.3) is 0 Å². The molecular formula is C14H32N2O. The van der Waals surface area contributed by atoms with Gasteiger partial charge in [-0.3, -0.25) is 0 Å². The summed E-state index contributed by atoms with van der Waals surface area (Å²) in [7, 11) is 2.08. The lowest BCUT2D eigenvalue weighted by Gasteiger charge is -2.36. The Morgan fingerprint density at radius 2 is 1.76 bits per heavy atom. The lowest BCUT2D eigenvalue weighted by molar-refractivity contribution is 0.140. The first kappa shape index (κ1) is 16.9. The molecule has 0 radical (unpaired) electrons. The maximum absolute atomic E-state index is 8.97. The summed E-state index contributed by atoms with van der Waals surface area (Å²) < 4.78 is 0. The molecule has 0 aliphatic carbocycles. The zero-order chi connectivity index (χ0) is 13.5. The monoisotopic (exact) mass is 244 g/mol. The third-order valence-corrected chi connectivity index (χ3v) is 3.03. The van der Waals surface area contributed by atoms with Gasteiger partial charge in [-0.05, 0) is 39.7 Å². The molecule has 0 aliphatic rings. The molecule has 0 aromatic heterocycles. The van der Waals surface area contributed by atoms with Crippen molar-refractivity contribution < 1.29 is 5.11 Å². The number of rotatable bonds is 8. The van der Waals surface area contributed by atoms with Crippen LogP contribution >= 0.6 is 0 Å². The molecule has 3 nitrogen and oxygen atoms in total. The van der Waals surface area contributed by atoms with Crippen LogP contribution in [0.5, 0.6) is 0 Å². The van der Waals surface area contributed by atoms with Crippen molar-refractivity contribution in [2.45, 2.75) is 53.0 Å². The predicted molar refractivity (Wildman–Crippen MR) is 75.4 cm³/mol. The second-order valence-electron chi connectivity index (χ2n) is 6.63. The molecule has 1 unspecified atom stereocenters. The minimum Gasteiger partial charge on any atom is -0.395 e. The van der Waals surface area contributed by atoms with Crippen LogP contribution in [-0.4, -0.2) is 48.8 Å². The van der Waals surface area contributed by atoms with Crippen LogP contribution in [0.3, 0.4) is 0 Å². The first-order valence-corrected chi connectivity index (χ1v) is 6.77. The Labute approximate surface area is 108 Å². The molecule has 0 saturated heterocycles. The summed E-state index contributed by atoms with van der Waals surface area (Å²) in [6.45, 7) is 14.2. The largest absolute Gasteiger partial charge is 0.395 e. The van der Waals surface area contributed by atoms with Crippen molar-refractivity contribution in [2.24, 2.45) is 5.41 Å². The summed E-state index contributed by atoms with van der Waals surface area (Å²) in [5, 5.41) is 12.6. The van der Waals surface area contributed by atoms with Crippen LogP contribution in [0, 0.1) is 5.41 Å². The maximum atomic E-state index is 8.97. The van der Waals surface area contributed by atoms with Crippen molar-refractivity contribution in [1.29, 1.82) is 0 Å². The van der Waals surface area contributed by atoms with Gasteiger partial charge in [-0.25, -0.2) is 0 Å². The van der Waals surface area contributed by atoms with E-state index in [1.165, 1.54) is 12.8 Å². The van der Waals surface area contributed by atoms with Gasteiger partial charge in [0.15, 0.2) is 0 Å². The van der Waals surface area contributed by atoms with E-state index in [-0.39, 0.29) is 17.6 Å². The molecule has 0 aliphatic heterocycles. The van der Waals surface area contributed by atoms with Crippen molar-refractivity contribution >= 4 is 0 Å². The highest BCUT2D eigenvalue weighted by Gasteiger charge is 2.26. The molecule has 2 N–H and O–H groups in total. The van der Waals surface area contributed by atoms with E-state index in [4.69, 9.17) is 5.11 Å². The van der Waals surface area contributed by atoms with Crippen molar-refractivity contribution in [2.75, 3.05) is 33.3 Å². The summed E-state index contributed by atoms with van der Waals surface area (Å²) in [4.78, 5) is 2.22. The first-order valence-electron chi connectivity index (χ1n) is 6.77. The van der Waals surface area contributed by atoms with Crippen molar-refractivity contribution in [3.8, 4) is 0 Å². The van der Waals surface area contributed by atoms with Crippen molar-refractivity contribution in [3.05, 3.63) is 0 Å². The van der Waals surface area contributed by atoms with Gasteiger partial charge in [-0.15, -0.1) is 0 Å². The number of aliphatic hydroxyl groups is 1. The van der Waals surface area contributed by atoms with Crippen LogP contribution in [0.1, 0.15) is 47.5 Å². The number of hydrogen-bond acceptors (Lipinski definition) is 3. The summed E-state index contributed by atoms with van der Waals surface area (Å²) in [5.41, 5.74) is 0.455. The second kappa shape index (κ2) is 7.34. The predicted octanol–water partition coefficient (Wildman–Crippen LogP) is 2.11. The highest BCUT2D eigenvalue weighted by atomic mass is 16.3. The molecule has 17 heavy (non-hydrogen) atoms. The topological polar surface area (TPSA) is 35.5 Å². The van der Waals surface area contributed by atoms with Crippen LogP contribution in [0.4, 0.5) is 0 Å². The number of nitrogens with zero attached hydrogens (tertiary/aromatic N) is 1. The van der Waals surface area contributed by atoms with E-state index in [1.807, 2.05) is 0 Å². The SMILES string of the molecule is CCCC(C)(CNC(C)(C)C)CN(C)CCO. The molecule has 0 spiro atoms. The summed E-state index contributed by atoms with van der Waals surface area (Å²) in [6, 6.07) is 0. The average molecular weight is 244 g/mol. The quantitative estimate of drug-likeness (QED) is 0.686. The van der Waals surface area contributed by atoms with Gasteiger partial charge < -0.3 is 15.3 Å². The molecule has 0 saturated carbocycles. The highest BCUT2D eigenvalue weighted by Crippen LogP contribution is 2.24. The fourth-order valence-electron chi connectivity index (χ4n) is 2.21. The van der Waals surface area contributed by atoms with E-state index in [1.54, 1.807) is 0 Å². The van der Waals surface area contributed by atoms with Crippen LogP contribution < -0.4 is 5.32 Å². The molecule has 0 bridgehead atoms. The third-order valence-electron chi connectivity index (χ3n) is 3.03. The molecule has 0 aromatic rings. The Hall–Kier alpha value is -0.120. The van der Waals surface area contributed by atoms with E-state index >= 15 is 0 Å².